The van der Waals surface area contributed by atoms with Gasteiger partial charge in [0.1, 0.15) is 0 Å². The number of fused-ring (bicyclic) bond motifs is 2. The summed E-state index contributed by atoms with van der Waals surface area (Å²) in [6.45, 7) is 0.854. The topological polar surface area (TPSA) is 63.2 Å². The van der Waals surface area contributed by atoms with Crippen LogP contribution >= 0.6 is 0 Å². The highest BCUT2D eigenvalue weighted by Gasteiger charge is 2.31. The van der Waals surface area contributed by atoms with Crippen molar-refractivity contribution in [2.24, 2.45) is 5.92 Å². The van der Waals surface area contributed by atoms with Crippen LogP contribution < -0.4 is 18.9 Å². The Morgan fingerprint density at radius 1 is 0.846 bits per heavy atom. The normalized spacial score (nSPS) is 21.3. The molecule has 1 atom stereocenters. The van der Waals surface area contributed by atoms with Crippen LogP contribution in [0.2, 0.25) is 0 Å². The molecular formula is C20H16O6. The predicted molar refractivity (Wildman–Crippen MR) is 91.3 cm³/mol. The zero-order valence-electron chi connectivity index (χ0n) is 13.9. The standard InChI is InChI=1S/C20H16O6/c21-20-15(6-13-2-4-17-19(8-13)26-11-24-17)14(9-22-20)5-12-1-3-16-18(7-12)25-10-23-16/h1-4,6-8,14H,5,9-11H2/t14-/m1/s1. The summed E-state index contributed by atoms with van der Waals surface area (Å²) in [6, 6.07) is 11.5. The van der Waals surface area contributed by atoms with E-state index in [-0.39, 0.29) is 25.5 Å². The maximum atomic E-state index is 12.2. The van der Waals surface area contributed by atoms with Gasteiger partial charge >= 0.3 is 5.97 Å². The van der Waals surface area contributed by atoms with Gasteiger partial charge in [0.2, 0.25) is 13.6 Å². The summed E-state index contributed by atoms with van der Waals surface area (Å²) in [6.07, 6.45) is 2.56. The third kappa shape index (κ3) is 2.63. The summed E-state index contributed by atoms with van der Waals surface area (Å²) in [5.74, 6) is 2.63. The van der Waals surface area contributed by atoms with Crippen molar-refractivity contribution in [1.29, 1.82) is 0 Å². The van der Waals surface area contributed by atoms with E-state index in [1.165, 1.54) is 0 Å². The zero-order chi connectivity index (χ0) is 17.5. The molecule has 0 aliphatic carbocycles. The molecule has 0 saturated carbocycles. The minimum Gasteiger partial charge on any atom is -0.462 e. The summed E-state index contributed by atoms with van der Waals surface area (Å²) in [5.41, 5.74) is 2.63. The second-order valence-corrected chi connectivity index (χ2v) is 6.40. The van der Waals surface area contributed by atoms with E-state index in [1.54, 1.807) is 0 Å². The van der Waals surface area contributed by atoms with Crippen LogP contribution in [-0.2, 0) is 16.0 Å². The summed E-state index contributed by atoms with van der Waals surface area (Å²) >= 11 is 0. The third-order valence-corrected chi connectivity index (χ3v) is 4.73. The Morgan fingerprint density at radius 2 is 1.54 bits per heavy atom. The van der Waals surface area contributed by atoms with Gasteiger partial charge in [0, 0.05) is 11.5 Å². The molecule has 1 fully saturated rings. The Kier molecular flexibility index (Phi) is 3.48. The second kappa shape index (κ2) is 5.98. The SMILES string of the molecule is O=C1OC[C@@H](Cc2ccc3c(c2)OCO3)C1=Cc1ccc2c(c1)OCO2. The second-order valence-electron chi connectivity index (χ2n) is 6.40. The van der Waals surface area contributed by atoms with Gasteiger partial charge in [-0.05, 0) is 47.9 Å². The van der Waals surface area contributed by atoms with Gasteiger partial charge in [-0.25, -0.2) is 4.79 Å². The Hall–Kier alpha value is -3.15. The molecule has 6 nitrogen and oxygen atoms in total. The van der Waals surface area contributed by atoms with Crippen LogP contribution in [0.15, 0.2) is 42.0 Å². The van der Waals surface area contributed by atoms with Crippen LogP contribution in [0.5, 0.6) is 23.0 Å². The summed E-state index contributed by atoms with van der Waals surface area (Å²) in [5, 5.41) is 0. The molecule has 0 unspecified atom stereocenters. The highest BCUT2D eigenvalue weighted by Crippen LogP contribution is 2.36. The minimum atomic E-state index is -0.270. The number of cyclic esters (lactones) is 1. The summed E-state index contributed by atoms with van der Waals surface area (Å²) in [7, 11) is 0. The van der Waals surface area contributed by atoms with Crippen molar-refractivity contribution in [2.45, 2.75) is 6.42 Å². The fraction of sp³-hybridized carbons (Fsp3) is 0.250. The molecule has 0 N–H and O–H groups in total. The number of carbonyl (C=O) groups is 1. The Labute approximate surface area is 149 Å². The summed E-state index contributed by atoms with van der Waals surface area (Å²) < 4.78 is 26.8. The van der Waals surface area contributed by atoms with Crippen LogP contribution in [0.1, 0.15) is 11.1 Å². The van der Waals surface area contributed by atoms with Gasteiger partial charge in [0.05, 0.1) is 6.61 Å². The van der Waals surface area contributed by atoms with E-state index in [0.717, 1.165) is 28.4 Å². The van der Waals surface area contributed by atoms with Crippen molar-refractivity contribution in [3.8, 4) is 23.0 Å². The lowest BCUT2D eigenvalue weighted by Crippen LogP contribution is -2.07. The lowest BCUT2D eigenvalue weighted by Gasteiger charge is -2.09. The van der Waals surface area contributed by atoms with Crippen LogP contribution in [-0.4, -0.2) is 26.2 Å². The lowest BCUT2D eigenvalue weighted by molar-refractivity contribution is -0.135. The molecule has 0 amide bonds. The quantitative estimate of drug-likeness (QED) is 0.625. The molecule has 1 saturated heterocycles. The maximum Gasteiger partial charge on any atom is 0.334 e. The van der Waals surface area contributed by atoms with Crippen LogP contribution in [0.3, 0.4) is 0 Å². The van der Waals surface area contributed by atoms with Crippen molar-refractivity contribution in [3.05, 3.63) is 53.1 Å². The van der Waals surface area contributed by atoms with Crippen molar-refractivity contribution in [1.82, 2.24) is 0 Å². The average molecular weight is 352 g/mol. The average Bonchev–Trinajstić information content (AvgIpc) is 3.37. The monoisotopic (exact) mass is 352 g/mol. The van der Waals surface area contributed by atoms with Gasteiger partial charge in [-0.2, -0.15) is 0 Å². The molecular weight excluding hydrogens is 336 g/mol. The van der Waals surface area contributed by atoms with Crippen molar-refractivity contribution in [2.75, 3.05) is 20.2 Å². The molecule has 26 heavy (non-hydrogen) atoms. The number of rotatable bonds is 3. The number of ether oxygens (including phenoxy) is 5. The molecule has 2 aromatic rings. The molecule has 132 valence electrons. The molecule has 2 aromatic carbocycles. The van der Waals surface area contributed by atoms with Gasteiger partial charge in [0.25, 0.3) is 0 Å². The lowest BCUT2D eigenvalue weighted by atomic mass is 9.92. The van der Waals surface area contributed by atoms with E-state index in [0.29, 0.717) is 24.4 Å². The molecule has 6 heteroatoms. The molecule has 3 heterocycles. The van der Waals surface area contributed by atoms with E-state index in [4.69, 9.17) is 23.7 Å². The predicted octanol–water partition coefficient (Wildman–Crippen LogP) is 2.94. The number of esters is 1. The van der Waals surface area contributed by atoms with Gasteiger partial charge in [0.15, 0.2) is 23.0 Å². The molecule has 3 aliphatic heterocycles. The van der Waals surface area contributed by atoms with Crippen LogP contribution in [0, 0.1) is 5.92 Å². The van der Waals surface area contributed by atoms with E-state index in [2.05, 4.69) is 0 Å². The van der Waals surface area contributed by atoms with E-state index in [1.807, 2.05) is 42.5 Å². The van der Waals surface area contributed by atoms with Crippen LogP contribution in [0.25, 0.3) is 6.08 Å². The number of hydrogen-bond acceptors (Lipinski definition) is 6. The summed E-state index contributed by atoms with van der Waals surface area (Å²) in [4.78, 5) is 12.2. The van der Waals surface area contributed by atoms with Crippen molar-refractivity contribution >= 4 is 12.0 Å². The van der Waals surface area contributed by atoms with Crippen molar-refractivity contribution < 1.29 is 28.5 Å². The van der Waals surface area contributed by atoms with Crippen molar-refractivity contribution in [3.63, 3.8) is 0 Å². The Morgan fingerprint density at radius 3 is 2.35 bits per heavy atom. The Bertz CT molecular complexity index is 917. The third-order valence-electron chi connectivity index (χ3n) is 4.73. The maximum absolute atomic E-state index is 12.2. The van der Waals surface area contributed by atoms with E-state index < -0.39 is 0 Å². The molecule has 0 radical (unpaired) electrons. The van der Waals surface area contributed by atoms with E-state index in [9.17, 15) is 4.79 Å². The first-order chi connectivity index (χ1) is 12.8. The minimum absolute atomic E-state index is 0.00621. The first-order valence-electron chi connectivity index (χ1n) is 8.43. The van der Waals surface area contributed by atoms with E-state index >= 15 is 0 Å². The van der Waals surface area contributed by atoms with Crippen LogP contribution in [0.4, 0.5) is 0 Å². The van der Waals surface area contributed by atoms with Gasteiger partial charge in [-0.1, -0.05) is 12.1 Å². The highest BCUT2D eigenvalue weighted by atomic mass is 16.7. The number of carbonyl (C=O) groups excluding carboxylic acids is 1. The van der Waals surface area contributed by atoms with Gasteiger partial charge < -0.3 is 23.7 Å². The zero-order valence-corrected chi connectivity index (χ0v) is 13.9. The first kappa shape index (κ1) is 15.1. The number of benzene rings is 2. The first-order valence-corrected chi connectivity index (χ1v) is 8.43. The molecule has 0 bridgehead atoms. The fourth-order valence-corrected chi connectivity index (χ4v) is 3.40. The number of hydrogen-bond donors (Lipinski definition) is 0. The molecule has 0 aromatic heterocycles. The molecule has 0 spiro atoms. The highest BCUT2D eigenvalue weighted by molar-refractivity contribution is 5.96. The van der Waals surface area contributed by atoms with Gasteiger partial charge in [-0.3, -0.25) is 0 Å². The molecule has 5 rings (SSSR count). The fourth-order valence-electron chi connectivity index (χ4n) is 3.40. The Balaban J connectivity index is 1.41. The van der Waals surface area contributed by atoms with Gasteiger partial charge in [-0.15, -0.1) is 0 Å². The smallest absolute Gasteiger partial charge is 0.334 e. The molecule has 3 aliphatic rings. The largest absolute Gasteiger partial charge is 0.462 e.